The van der Waals surface area contributed by atoms with Gasteiger partial charge in [0.25, 0.3) is 5.56 Å². The van der Waals surface area contributed by atoms with Crippen LogP contribution in [0.2, 0.25) is 0 Å². The Bertz CT molecular complexity index is 600. The van der Waals surface area contributed by atoms with Gasteiger partial charge in [-0.3, -0.25) is 9.36 Å². The first kappa shape index (κ1) is 14.2. The van der Waals surface area contributed by atoms with Crippen molar-refractivity contribution >= 4 is 21.6 Å². The molecule has 0 saturated carbocycles. The van der Waals surface area contributed by atoms with Crippen molar-refractivity contribution in [2.24, 2.45) is 0 Å². The molecule has 0 aliphatic heterocycles. The highest BCUT2D eigenvalue weighted by molar-refractivity contribution is 7.17. The predicted molar refractivity (Wildman–Crippen MR) is 81.0 cm³/mol. The molecule has 19 heavy (non-hydrogen) atoms. The molecule has 2 heterocycles. The predicted octanol–water partition coefficient (Wildman–Crippen LogP) is 2.54. The molecule has 2 rings (SSSR count). The third-order valence-corrected chi connectivity index (χ3v) is 4.18. The van der Waals surface area contributed by atoms with Crippen LogP contribution in [0.1, 0.15) is 32.3 Å². The van der Waals surface area contributed by atoms with Gasteiger partial charge in [0.2, 0.25) is 0 Å². The molecule has 0 spiro atoms. The number of hydrogen-bond donors (Lipinski definition) is 1. The van der Waals surface area contributed by atoms with E-state index in [0.29, 0.717) is 6.04 Å². The third kappa shape index (κ3) is 3.42. The van der Waals surface area contributed by atoms with Crippen molar-refractivity contribution in [1.82, 2.24) is 14.9 Å². The Hall–Kier alpha value is -1.20. The fourth-order valence-electron chi connectivity index (χ4n) is 2.02. The lowest BCUT2D eigenvalue weighted by atomic mass is 10.3. The van der Waals surface area contributed by atoms with Crippen LogP contribution in [0.5, 0.6) is 0 Å². The van der Waals surface area contributed by atoms with Crippen molar-refractivity contribution in [1.29, 1.82) is 0 Å². The van der Waals surface area contributed by atoms with Crippen LogP contribution >= 0.6 is 11.3 Å². The topological polar surface area (TPSA) is 46.9 Å². The number of thiophene rings is 1. The van der Waals surface area contributed by atoms with Crippen LogP contribution in [0.15, 0.2) is 16.5 Å². The van der Waals surface area contributed by atoms with Gasteiger partial charge >= 0.3 is 0 Å². The molecular weight excluding hydrogens is 258 g/mol. The number of aryl methyl sites for hydroxylation is 2. The average Bonchev–Trinajstić information content (AvgIpc) is 2.74. The van der Waals surface area contributed by atoms with E-state index in [9.17, 15) is 4.79 Å². The van der Waals surface area contributed by atoms with E-state index >= 15 is 0 Å². The van der Waals surface area contributed by atoms with Crippen molar-refractivity contribution in [3.63, 3.8) is 0 Å². The Balaban J connectivity index is 1.98. The molecule has 0 aliphatic carbocycles. The minimum Gasteiger partial charge on any atom is -0.315 e. The van der Waals surface area contributed by atoms with Gasteiger partial charge in [-0.2, -0.15) is 0 Å². The van der Waals surface area contributed by atoms with E-state index in [1.807, 2.05) is 12.3 Å². The number of rotatable bonds is 6. The summed E-state index contributed by atoms with van der Waals surface area (Å²) in [6.45, 7) is 8.02. The molecule has 0 atom stereocenters. The van der Waals surface area contributed by atoms with Gasteiger partial charge in [-0.05, 0) is 37.3 Å². The average molecular weight is 279 g/mol. The number of aromatic nitrogens is 2. The van der Waals surface area contributed by atoms with E-state index in [-0.39, 0.29) is 5.56 Å². The number of hydrogen-bond acceptors (Lipinski definition) is 4. The second-order valence-corrected chi connectivity index (χ2v) is 6.04. The van der Waals surface area contributed by atoms with Crippen molar-refractivity contribution in [2.75, 3.05) is 6.54 Å². The van der Waals surface area contributed by atoms with Crippen LogP contribution in [0.25, 0.3) is 10.2 Å². The lowest BCUT2D eigenvalue weighted by Gasteiger charge is -2.08. The van der Waals surface area contributed by atoms with E-state index in [1.165, 1.54) is 11.3 Å². The highest BCUT2D eigenvalue weighted by Crippen LogP contribution is 2.19. The lowest BCUT2D eigenvalue weighted by Crippen LogP contribution is -2.24. The molecule has 2 aromatic rings. The van der Waals surface area contributed by atoms with Gasteiger partial charge in [0.15, 0.2) is 0 Å². The largest absolute Gasteiger partial charge is 0.315 e. The zero-order valence-corrected chi connectivity index (χ0v) is 12.6. The molecule has 0 amide bonds. The molecular formula is C14H21N3OS. The first-order chi connectivity index (χ1) is 9.09. The van der Waals surface area contributed by atoms with Crippen molar-refractivity contribution < 1.29 is 0 Å². The number of nitrogens with one attached hydrogen (secondary N) is 1. The smallest absolute Gasteiger partial charge is 0.271 e. The first-order valence-electron chi connectivity index (χ1n) is 6.76. The first-order valence-corrected chi connectivity index (χ1v) is 7.64. The fraction of sp³-hybridized carbons (Fsp3) is 0.571. The van der Waals surface area contributed by atoms with Gasteiger partial charge in [-0.15, -0.1) is 11.3 Å². The zero-order chi connectivity index (χ0) is 13.8. The Morgan fingerprint density at radius 3 is 2.95 bits per heavy atom. The van der Waals surface area contributed by atoms with Gasteiger partial charge in [0.05, 0.1) is 11.8 Å². The summed E-state index contributed by atoms with van der Waals surface area (Å²) in [6.07, 6.45) is 3.75. The lowest BCUT2D eigenvalue weighted by molar-refractivity contribution is 0.525. The summed E-state index contributed by atoms with van der Waals surface area (Å²) in [5, 5.41) is 5.37. The molecule has 1 N–H and O–H groups in total. The molecule has 104 valence electrons. The van der Waals surface area contributed by atoms with Crippen LogP contribution in [0.4, 0.5) is 0 Å². The van der Waals surface area contributed by atoms with Crippen LogP contribution in [-0.4, -0.2) is 22.1 Å². The Morgan fingerprint density at radius 1 is 1.42 bits per heavy atom. The van der Waals surface area contributed by atoms with Gasteiger partial charge < -0.3 is 5.32 Å². The molecule has 0 aliphatic rings. The summed E-state index contributed by atoms with van der Waals surface area (Å²) in [7, 11) is 0. The minimum absolute atomic E-state index is 0.0971. The number of nitrogens with zero attached hydrogens (tertiary/aromatic N) is 2. The molecule has 2 aromatic heterocycles. The molecule has 0 saturated heterocycles. The van der Waals surface area contributed by atoms with Gasteiger partial charge in [-0.25, -0.2) is 4.98 Å². The van der Waals surface area contributed by atoms with Gasteiger partial charge in [-0.1, -0.05) is 13.8 Å². The molecule has 0 unspecified atom stereocenters. The quantitative estimate of drug-likeness (QED) is 0.827. The van der Waals surface area contributed by atoms with E-state index in [1.54, 1.807) is 10.9 Å². The second-order valence-electron chi connectivity index (χ2n) is 5.16. The van der Waals surface area contributed by atoms with E-state index in [0.717, 1.165) is 41.7 Å². The van der Waals surface area contributed by atoms with E-state index in [2.05, 4.69) is 24.1 Å². The summed E-state index contributed by atoms with van der Waals surface area (Å²) in [5.41, 5.74) is 2.04. The van der Waals surface area contributed by atoms with Crippen LogP contribution in [-0.2, 0) is 6.54 Å². The van der Waals surface area contributed by atoms with Crippen molar-refractivity contribution in [3.8, 4) is 0 Å². The number of fused-ring (bicyclic) bond motifs is 1. The van der Waals surface area contributed by atoms with E-state index in [4.69, 9.17) is 0 Å². The normalized spacial score (nSPS) is 11.6. The van der Waals surface area contributed by atoms with Crippen molar-refractivity contribution in [2.45, 2.75) is 46.2 Å². The highest BCUT2D eigenvalue weighted by atomic mass is 32.1. The SMILES string of the molecule is Cc1csc2c(=O)n(CCCCNC(C)C)cnc12. The molecule has 0 bridgehead atoms. The summed E-state index contributed by atoms with van der Waals surface area (Å²) in [4.78, 5) is 16.6. The second kappa shape index (κ2) is 6.30. The van der Waals surface area contributed by atoms with Crippen molar-refractivity contribution in [3.05, 3.63) is 27.6 Å². The molecule has 0 fully saturated rings. The minimum atomic E-state index is 0.0971. The highest BCUT2D eigenvalue weighted by Gasteiger charge is 2.07. The Labute approximate surface area is 117 Å². The Morgan fingerprint density at radius 2 is 2.21 bits per heavy atom. The van der Waals surface area contributed by atoms with Crippen LogP contribution in [0.3, 0.4) is 0 Å². The monoisotopic (exact) mass is 279 g/mol. The Kier molecular flexibility index (Phi) is 4.71. The summed E-state index contributed by atoms with van der Waals surface area (Å²) in [5.74, 6) is 0. The van der Waals surface area contributed by atoms with Gasteiger partial charge in [0.1, 0.15) is 4.70 Å². The summed E-state index contributed by atoms with van der Waals surface area (Å²) in [6, 6.07) is 0.523. The maximum atomic E-state index is 12.2. The maximum Gasteiger partial charge on any atom is 0.271 e. The molecule has 0 aromatic carbocycles. The van der Waals surface area contributed by atoms with E-state index < -0.39 is 0 Å². The molecule has 5 heteroatoms. The third-order valence-electron chi connectivity index (χ3n) is 3.10. The standard InChI is InChI=1S/C14H21N3OS/c1-10(2)15-6-4-5-7-17-9-16-12-11(3)8-19-13(12)14(17)18/h8-10,15H,4-7H2,1-3H3. The maximum absolute atomic E-state index is 12.2. The number of unbranched alkanes of at least 4 members (excludes halogenated alkanes) is 1. The fourth-order valence-corrected chi connectivity index (χ4v) is 2.97. The van der Waals surface area contributed by atoms with Crippen LogP contribution in [0, 0.1) is 6.92 Å². The molecule has 0 radical (unpaired) electrons. The van der Waals surface area contributed by atoms with Gasteiger partial charge in [0, 0.05) is 12.6 Å². The summed E-state index contributed by atoms with van der Waals surface area (Å²) >= 11 is 1.49. The zero-order valence-electron chi connectivity index (χ0n) is 11.8. The summed E-state index contributed by atoms with van der Waals surface area (Å²) < 4.78 is 2.51. The van der Waals surface area contributed by atoms with Crippen LogP contribution < -0.4 is 10.9 Å². The molecule has 4 nitrogen and oxygen atoms in total.